The third kappa shape index (κ3) is 4.99. The predicted molar refractivity (Wildman–Crippen MR) is 98.6 cm³/mol. The van der Waals surface area contributed by atoms with E-state index in [-0.39, 0.29) is 17.7 Å². The van der Waals surface area contributed by atoms with Gasteiger partial charge in [0.25, 0.3) is 5.91 Å². The molecule has 0 heterocycles. The fraction of sp³-hybridized carbons (Fsp3) is 0.300. The molecule has 0 bridgehead atoms. The molecule has 1 fully saturated rings. The van der Waals surface area contributed by atoms with Gasteiger partial charge in [-0.3, -0.25) is 9.59 Å². The highest BCUT2D eigenvalue weighted by Gasteiger charge is 2.29. The lowest BCUT2D eigenvalue weighted by Crippen LogP contribution is -2.28. The summed E-state index contributed by atoms with van der Waals surface area (Å²) in [7, 11) is 1.61. The molecule has 6 heteroatoms. The zero-order chi connectivity index (χ0) is 18.4. The van der Waals surface area contributed by atoms with Crippen LogP contribution in [0.15, 0.2) is 48.5 Å². The van der Waals surface area contributed by atoms with E-state index in [1.165, 1.54) is 0 Å². The van der Waals surface area contributed by atoms with E-state index in [0.717, 1.165) is 24.3 Å². The van der Waals surface area contributed by atoms with Crippen LogP contribution < -0.4 is 20.1 Å². The van der Waals surface area contributed by atoms with Gasteiger partial charge in [-0.2, -0.15) is 0 Å². The molecular formula is C20H22N2O4. The molecular weight excluding hydrogens is 332 g/mol. The standard InChI is InChI=1S/C20H22N2O4/c1-25-17-8-10-18(11-9-17)26-13-12-21-19(23)14-4-6-16(7-5-14)22-20(24)15-2-3-15/h4-11,15H,2-3,12-13H2,1H3,(H,21,23)(H,22,24). The number of benzene rings is 2. The average molecular weight is 354 g/mol. The summed E-state index contributed by atoms with van der Waals surface area (Å²) in [5, 5.41) is 5.65. The molecule has 0 atom stereocenters. The highest BCUT2D eigenvalue weighted by molar-refractivity contribution is 5.96. The largest absolute Gasteiger partial charge is 0.497 e. The van der Waals surface area contributed by atoms with Gasteiger partial charge in [0.05, 0.1) is 13.7 Å². The lowest BCUT2D eigenvalue weighted by Gasteiger charge is -2.09. The molecule has 26 heavy (non-hydrogen) atoms. The van der Waals surface area contributed by atoms with Gasteiger partial charge in [0.2, 0.25) is 5.91 Å². The minimum absolute atomic E-state index is 0.0536. The Labute approximate surface area is 152 Å². The number of hydrogen-bond donors (Lipinski definition) is 2. The molecule has 0 saturated heterocycles. The Balaban J connectivity index is 1.40. The summed E-state index contributed by atoms with van der Waals surface area (Å²) in [6, 6.07) is 14.1. The van der Waals surface area contributed by atoms with E-state index in [9.17, 15) is 9.59 Å². The van der Waals surface area contributed by atoms with Gasteiger partial charge in [0.1, 0.15) is 18.1 Å². The van der Waals surface area contributed by atoms with Crippen molar-refractivity contribution in [1.82, 2.24) is 5.32 Å². The summed E-state index contributed by atoms with van der Waals surface area (Å²) >= 11 is 0. The van der Waals surface area contributed by atoms with Crippen LogP contribution in [0, 0.1) is 5.92 Å². The molecule has 0 radical (unpaired) electrons. The van der Waals surface area contributed by atoms with Crippen LogP contribution in [0.2, 0.25) is 0 Å². The number of rotatable bonds is 8. The number of amides is 2. The molecule has 0 spiro atoms. The zero-order valence-corrected chi connectivity index (χ0v) is 14.7. The summed E-state index contributed by atoms with van der Waals surface area (Å²) in [6.45, 7) is 0.763. The molecule has 6 nitrogen and oxygen atoms in total. The minimum atomic E-state index is -0.177. The lowest BCUT2D eigenvalue weighted by atomic mass is 10.2. The Bertz CT molecular complexity index is 752. The van der Waals surface area contributed by atoms with Crippen molar-refractivity contribution in [3.63, 3.8) is 0 Å². The summed E-state index contributed by atoms with van der Waals surface area (Å²) in [5.74, 6) is 1.52. The van der Waals surface area contributed by atoms with Crippen LogP contribution in [-0.2, 0) is 4.79 Å². The van der Waals surface area contributed by atoms with Gasteiger partial charge < -0.3 is 20.1 Å². The van der Waals surface area contributed by atoms with Crippen molar-refractivity contribution >= 4 is 17.5 Å². The molecule has 0 aliphatic heterocycles. The van der Waals surface area contributed by atoms with E-state index in [1.807, 2.05) is 24.3 Å². The van der Waals surface area contributed by atoms with E-state index in [2.05, 4.69) is 10.6 Å². The van der Waals surface area contributed by atoms with E-state index in [1.54, 1.807) is 31.4 Å². The van der Waals surface area contributed by atoms with Crippen molar-refractivity contribution in [2.24, 2.45) is 5.92 Å². The predicted octanol–water partition coefficient (Wildman–Crippen LogP) is 2.85. The number of ether oxygens (including phenoxy) is 2. The highest BCUT2D eigenvalue weighted by Crippen LogP contribution is 2.30. The Hall–Kier alpha value is -3.02. The summed E-state index contributed by atoms with van der Waals surface area (Å²) in [6.07, 6.45) is 1.93. The summed E-state index contributed by atoms with van der Waals surface area (Å²) < 4.78 is 10.6. The maximum atomic E-state index is 12.1. The quantitative estimate of drug-likeness (QED) is 0.715. The first kappa shape index (κ1) is 17.8. The first-order valence-electron chi connectivity index (χ1n) is 8.61. The number of nitrogens with one attached hydrogen (secondary N) is 2. The van der Waals surface area contributed by atoms with E-state index in [4.69, 9.17) is 9.47 Å². The second-order valence-corrected chi connectivity index (χ2v) is 6.12. The fourth-order valence-corrected chi connectivity index (χ4v) is 2.40. The number of carbonyl (C=O) groups is 2. The molecule has 2 N–H and O–H groups in total. The van der Waals surface area contributed by atoms with Gasteiger partial charge in [0.15, 0.2) is 0 Å². The van der Waals surface area contributed by atoms with Crippen LogP contribution in [0.5, 0.6) is 11.5 Å². The van der Waals surface area contributed by atoms with Gasteiger partial charge in [-0.25, -0.2) is 0 Å². The Morgan fingerprint density at radius 2 is 1.65 bits per heavy atom. The normalized spacial score (nSPS) is 13.0. The van der Waals surface area contributed by atoms with Gasteiger partial charge in [-0.05, 0) is 61.4 Å². The van der Waals surface area contributed by atoms with Crippen molar-refractivity contribution in [3.8, 4) is 11.5 Å². The van der Waals surface area contributed by atoms with Crippen LogP contribution in [0.4, 0.5) is 5.69 Å². The van der Waals surface area contributed by atoms with Crippen molar-refractivity contribution in [2.45, 2.75) is 12.8 Å². The SMILES string of the molecule is COc1ccc(OCCNC(=O)c2ccc(NC(=O)C3CC3)cc2)cc1. The summed E-state index contributed by atoms with van der Waals surface area (Å²) in [5.41, 5.74) is 1.25. The molecule has 1 aliphatic carbocycles. The maximum absolute atomic E-state index is 12.1. The van der Waals surface area contributed by atoms with Crippen LogP contribution in [0.25, 0.3) is 0 Å². The molecule has 3 rings (SSSR count). The van der Waals surface area contributed by atoms with E-state index >= 15 is 0 Å². The molecule has 2 aromatic rings. The topological polar surface area (TPSA) is 76.7 Å². The fourth-order valence-electron chi connectivity index (χ4n) is 2.40. The van der Waals surface area contributed by atoms with E-state index < -0.39 is 0 Å². The Kier molecular flexibility index (Phi) is 5.73. The molecule has 2 aromatic carbocycles. The van der Waals surface area contributed by atoms with Gasteiger partial charge in [-0.1, -0.05) is 0 Å². The monoisotopic (exact) mass is 354 g/mol. The second-order valence-electron chi connectivity index (χ2n) is 6.12. The van der Waals surface area contributed by atoms with Crippen molar-refractivity contribution in [1.29, 1.82) is 0 Å². The van der Waals surface area contributed by atoms with Gasteiger partial charge >= 0.3 is 0 Å². The van der Waals surface area contributed by atoms with Gasteiger partial charge in [0, 0.05) is 17.2 Å². The van der Waals surface area contributed by atoms with Crippen LogP contribution in [-0.4, -0.2) is 32.1 Å². The lowest BCUT2D eigenvalue weighted by molar-refractivity contribution is -0.117. The Morgan fingerprint density at radius 3 is 2.27 bits per heavy atom. The molecule has 1 saturated carbocycles. The number of methoxy groups -OCH3 is 1. The maximum Gasteiger partial charge on any atom is 0.251 e. The Morgan fingerprint density at radius 1 is 1.00 bits per heavy atom. The van der Waals surface area contributed by atoms with E-state index in [0.29, 0.717) is 24.4 Å². The second kappa shape index (κ2) is 8.38. The molecule has 1 aliphatic rings. The van der Waals surface area contributed by atoms with Crippen molar-refractivity contribution in [2.75, 3.05) is 25.6 Å². The van der Waals surface area contributed by atoms with Crippen LogP contribution in [0.1, 0.15) is 23.2 Å². The molecule has 2 amide bonds. The number of hydrogen-bond acceptors (Lipinski definition) is 4. The minimum Gasteiger partial charge on any atom is -0.497 e. The third-order valence-electron chi connectivity index (χ3n) is 4.08. The number of carbonyl (C=O) groups excluding carboxylic acids is 2. The first-order chi connectivity index (χ1) is 12.7. The summed E-state index contributed by atoms with van der Waals surface area (Å²) in [4.78, 5) is 23.8. The average Bonchev–Trinajstić information content (AvgIpc) is 3.51. The smallest absolute Gasteiger partial charge is 0.251 e. The van der Waals surface area contributed by atoms with Crippen LogP contribution >= 0.6 is 0 Å². The van der Waals surface area contributed by atoms with Crippen molar-refractivity contribution in [3.05, 3.63) is 54.1 Å². The zero-order valence-electron chi connectivity index (χ0n) is 14.7. The molecule has 0 unspecified atom stereocenters. The molecule has 0 aromatic heterocycles. The first-order valence-corrected chi connectivity index (χ1v) is 8.61. The highest BCUT2D eigenvalue weighted by atomic mass is 16.5. The third-order valence-corrected chi connectivity index (χ3v) is 4.08. The van der Waals surface area contributed by atoms with Gasteiger partial charge in [-0.15, -0.1) is 0 Å². The molecule has 136 valence electrons. The number of anilines is 1. The van der Waals surface area contributed by atoms with Crippen LogP contribution in [0.3, 0.4) is 0 Å². The van der Waals surface area contributed by atoms with Crippen molar-refractivity contribution < 1.29 is 19.1 Å².